The molecule has 0 aliphatic heterocycles. The lowest BCUT2D eigenvalue weighted by Crippen LogP contribution is -2.46. The fourth-order valence-electron chi connectivity index (χ4n) is 6.96. The molecule has 0 aromatic heterocycles. The molecule has 1 N–H and O–H groups in total. The molecule has 0 heterocycles. The maximum Gasteiger partial charge on any atom is 0.0701 e. The van der Waals surface area contributed by atoms with Crippen LogP contribution >= 0.6 is 0 Å². The summed E-state index contributed by atoms with van der Waals surface area (Å²) in [5.74, 6) is 0. The van der Waals surface area contributed by atoms with E-state index in [1.807, 2.05) is 0 Å². The molecule has 0 radical (unpaired) electrons. The van der Waals surface area contributed by atoms with E-state index in [2.05, 4.69) is 20.8 Å². The molecule has 1 nitrogen and oxygen atoms in total. The van der Waals surface area contributed by atoms with Gasteiger partial charge in [0, 0.05) is 0 Å². The summed E-state index contributed by atoms with van der Waals surface area (Å²) in [6.45, 7) is 7.10. The highest BCUT2D eigenvalue weighted by Gasteiger charge is 2.43. The Morgan fingerprint density at radius 1 is 0.459 bits per heavy atom. The summed E-state index contributed by atoms with van der Waals surface area (Å²) in [7, 11) is 0. The Kier molecular flexibility index (Phi) is 22.5. The van der Waals surface area contributed by atoms with E-state index in [0.29, 0.717) is 0 Å². The highest BCUT2D eigenvalue weighted by molar-refractivity contribution is 4.95. The van der Waals surface area contributed by atoms with E-state index in [4.69, 9.17) is 0 Å². The third kappa shape index (κ3) is 17.3. The van der Waals surface area contributed by atoms with E-state index in [-0.39, 0.29) is 5.41 Å². The minimum Gasteiger partial charge on any atom is -0.389 e. The third-order valence-corrected chi connectivity index (χ3v) is 10.2. The standard InChI is InChI=1S/C36H72O/c1-4-6-7-8-9-10-11-17-20-23-26-29-32-35(3,5-2)36(37)33-30-27-24-21-18-15-13-12-14-16-19-22-25-28-31-34-36/h37H,4-34H2,1-3H3. The topological polar surface area (TPSA) is 20.2 Å². The molecule has 0 saturated heterocycles. The van der Waals surface area contributed by atoms with Crippen LogP contribution in [0, 0.1) is 5.41 Å². The Morgan fingerprint density at radius 2 is 0.757 bits per heavy atom. The van der Waals surface area contributed by atoms with Gasteiger partial charge in [0.1, 0.15) is 0 Å². The SMILES string of the molecule is CCCCCCCCCCCCCCC(C)(CC)C1(O)CCCCCCCCCCCCCCCCC1. The highest BCUT2D eigenvalue weighted by atomic mass is 16.3. The van der Waals surface area contributed by atoms with Crippen LogP contribution in [0.1, 0.15) is 220 Å². The van der Waals surface area contributed by atoms with Gasteiger partial charge in [0.2, 0.25) is 0 Å². The number of hydrogen-bond donors (Lipinski definition) is 1. The van der Waals surface area contributed by atoms with Crippen LogP contribution in [0.4, 0.5) is 0 Å². The molecule has 0 bridgehead atoms. The fourth-order valence-corrected chi connectivity index (χ4v) is 6.96. The number of aliphatic hydroxyl groups is 1. The van der Waals surface area contributed by atoms with Crippen molar-refractivity contribution in [2.75, 3.05) is 0 Å². The monoisotopic (exact) mass is 521 g/mol. The van der Waals surface area contributed by atoms with Crippen molar-refractivity contribution in [2.24, 2.45) is 5.41 Å². The average Bonchev–Trinajstić information content (AvgIpc) is 2.90. The number of rotatable bonds is 15. The van der Waals surface area contributed by atoms with Gasteiger partial charge in [-0.25, -0.2) is 0 Å². The molecule has 222 valence electrons. The third-order valence-electron chi connectivity index (χ3n) is 10.2. The van der Waals surface area contributed by atoms with E-state index in [0.717, 1.165) is 19.3 Å². The predicted octanol–water partition coefficient (Wildman–Crippen LogP) is 12.9. The molecule has 1 rings (SSSR count). The Bertz CT molecular complexity index is 453. The van der Waals surface area contributed by atoms with Crippen LogP contribution in [0.3, 0.4) is 0 Å². The van der Waals surface area contributed by atoms with Crippen LogP contribution in [0.15, 0.2) is 0 Å². The fraction of sp³-hybridized carbons (Fsp3) is 1.00. The zero-order valence-corrected chi connectivity index (χ0v) is 26.4. The normalized spacial score (nSPS) is 21.1. The van der Waals surface area contributed by atoms with Gasteiger partial charge in [0.05, 0.1) is 5.60 Å². The minimum atomic E-state index is -0.453. The molecule has 0 amide bonds. The first-order valence-corrected chi connectivity index (χ1v) is 17.8. The van der Waals surface area contributed by atoms with Crippen LogP contribution in [-0.2, 0) is 0 Å². The summed E-state index contributed by atoms with van der Waals surface area (Å²) in [4.78, 5) is 0. The molecule has 0 aromatic carbocycles. The molecule has 1 unspecified atom stereocenters. The molecular weight excluding hydrogens is 448 g/mol. The van der Waals surface area contributed by atoms with Crippen molar-refractivity contribution in [3.8, 4) is 0 Å². The van der Waals surface area contributed by atoms with E-state index in [1.54, 1.807) is 0 Å². The van der Waals surface area contributed by atoms with E-state index in [1.165, 1.54) is 180 Å². The Morgan fingerprint density at radius 3 is 1.08 bits per heavy atom. The van der Waals surface area contributed by atoms with Crippen LogP contribution in [0.2, 0.25) is 0 Å². The zero-order chi connectivity index (χ0) is 26.9. The molecule has 37 heavy (non-hydrogen) atoms. The van der Waals surface area contributed by atoms with E-state index in [9.17, 15) is 5.11 Å². The summed E-state index contributed by atoms with van der Waals surface area (Å²) >= 11 is 0. The van der Waals surface area contributed by atoms with E-state index >= 15 is 0 Å². The second-order valence-corrected chi connectivity index (χ2v) is 13.4. The zero-order valence-electron chi connectivity index (χ0n) is 26.4. The maximum absolute atomic E-state index is 12.2. The van der Waals surface area contributed by atoms with Crippen molar-refractivity contribution in [3.63, 3.8) is 0 Å². The van der Waals surface area contributed by atoms with Crippen molar-refractivity contribution in [1.29, 1.82) is 0 Å². The molecule has 1 aliphatic rings. The lowest BCUT2D eigenvalue weighted by molar-refractivity contribution is -0.0992. The second kappa shape index (κ2) is 23.8. The van der Waals surface area contributed by atoms with Crippen molar-refractivity contribution < 1.29 is 5.11 Å². The van der Waals surface area contributed by atoms with Crippen molar-refractivity contribution >= 4 is 0 Å². The Hall–Kier alpha value is -0.0400. The second-order valence-electron chi connectivity index (χ2n) is 13.4. The van der Waals surface area contributed by atoms with Gasteiger partial charge in [-0.05, 0) is 31.1 Å². The molecule has 0 aromatic rings. The summed E-state index contributed by atoms with van der Waals surface area (Å²) in [5.41, 5.74) is -0.364. The van der Waals surface area contributed by atoms with Gasteiger partial charge >= 0.3 is 0 Å². The maximum atomic E-state index is 12.2. The van der Waals surface area contributed by atoms with Crippen molar-refractivity contribution in [2.45, 2.75) is 225 Å². The number of hydrogen-bond acceptors (Lipinski definition) is 1. The van der Waals surface area contributed by atoms with Crippen LogP contribution in [-0.4, -0.2) is 10.7 Å². The minimum absolute atomic E-state index is 0.0896. The molecule has 1 fully saturated rings. The summed E-state index contributed by atoms with van der Waals surface area (Å²) in [5, 5.41) is 12.2. The molecular formula is C36H72O. The van der Waals surface area contributed by atoms with Gasteiger partial charge in [0.15, 0.2) is 0 Å². The molecule has 1 aliphatic carbocycles. The van der Waals surface area contributed by atoms with Gasteiger partial charge in [-0.2, -0.15) is 0 Å². The highest BCUT2D eigenvalue weighted by Crippen LogP contribution is 2.46. The van der Waals surface area contributed by atoms with Crippen molar-refractivity contribution in [3.05, 3.63) is 0 Å². The predicted molar refractivity (Wildman–Crippen MR) is 168 cm³/mol. The Labute approximate surface area is 235 Å². The lowest BCUT2D eigenvalue weighted by Gasteiger charge is -2.46. The van der Waals surface area contributed by atoms with Gasteiger partial charge in [-0.3, -0.25) is 0 Å². The van der Waals surface area contributed by atoms with Gasteiger partial charge in [0.25, 0.3) is 0 Å². The summed E-state index contributed by atoms with van der Waals surface area (Å²) in [6, 6.07) is 0. The molecule has 1 saturated carbocycles. The first kappa shape index (κ1) is 35.0. The lowest BCUT2D eigenvalue weighted by atomic mass is 9.64. The first-order valence-electron chi connectivity index (χ1n) is 17.8. The van der Waals surface area contributed by atoms with Crippen molar-refractivity contribution in [1.82, 2.24) is 0 Å². The summed E-state index contributed by atoms with van der Waals surface area (Å²) in [6.07, 6.45) is 42.1. The first-order chi connectivity index (χ1) is 18.1. The van der Waals surface area contributed by atoms with E-state index < -0.39 is 5.60 Å². The summed E-state index contributed by atoms with van der Waals surface area (Å²) < 4.78 is 0. The quantitative estimate of drug-likeness (QED) is 0.213. The van der Waals surface area contributed by atoms with Gasteiger partial charge in [-0.1, -0.05) is 194 Å². The van der Waals surface area contributed by atoms with Crippen LogP contribution < -0.4 is 0 Å². The van der Waals surface area contributed by atoms with Crippen LogP contribution in [0.25, 0.3) is 0 Å². The number of unbranched alkanes of at least 4 members (excludes halogenated alkanes) is 11. The molecule has 1 heteroatoms. The largest absolute Gasteiger partial charge is 0.389 e. The molecule has 0 spiro atoms. The Balaban J connectivity index is 2.41. The smallest absolute Gasteiger partial charge is 0.0701 e. The van der Waals surface area contributed by atoms with Crippen LogP contribution in [0.5, 0.6) is 0 Å². The van der Waals surface area contributed by atoms with Gasteiger partial charge < -0.3 is 5.11 Å². The average molecular weight is 521 g/mol. The van der Waals surface area contributed by atoms with Gasteiger partial charge in [-0.15, -0.1) is 0 Å². The molecule has 1 atom stereocenters.